The van der Waals surface area contributed by atoms with Crippen molar-refractivity contribution < 1.29 is 26.3 Å². The van der Waals surface area contributed by atoms with Crippen molar-refractivity contribution in [3.8, 4) is 5.75 Å². The van der Waals surface area contributed by atoms with Crippen molar-refractivity contribution in [1.29, 1.82) is 0 Å². The zero-order chi connectivity index (χ0) is 12.4. The minimum absolute atomic E-state index is 0.135. The lowest BCUT2D eigenvalue weighted by molar-refractivity contribution is -0.274. The van der Waals surface area contributed by atoms with Crippen LogP contribution in [0.1, 0.15) is 0 Å². The normalized spacial score (nSPS) is 12.5. The Morgan fingerprint density at radius 3 is 2.06 bits per heavy atom. The number of hydrogen-bond acceptors (Lipinski definition) is 3. The van der Waals surface area contributed by atoms with Gasteiger partial charge in [0.1, 0.15) is 5.75 Å². The summed E-state index contributed by atoms with van der Waals surface area (Å²) < 4.78 is 63.4. The maximum absolute atomic E-state index is 11.8. The molecule has 1 rings (SSSR count). The Hall–Kier alpha value is -1.28. The van der Waals surface area contributed by atoms with Gasteiger partial charge in [-0.3, -0.25) is 0 Å². The van der Waals surface area contributed by atoms with E-state index < -0.39 is 22.1 Å². The number of ether oxygens (including phenoxy) is 1. The summed E-state index contributed by atoms with van der Waals surface area (Å²) in [7, 11) is -2.44. The van der Waals surface area contributed by atoms with E-state index in [1.807, 2.05) is 4.72 Å². The first-order valence-electron chi connectivity index (χ1n) is 4.04. The van der Waals surface area contributed by atoms with Crippen molar-refractivity contribution in [3.05, 3.63) is 24.3 Å². The highest BCUT2D eigenvalue weighted by Gasteiger charge is 2.31. The number of hydrogen-bond donors (Lipinski definition) is 1. The third-order valence-corrected chi connectivity index (χ3v) is 3.07. The fraction of sp³-hybridized carbons (Fsp3) is 0.250. The summed E-state index contributed by atoms with van der Waals surface area (Å²) in [6.45, 7) is 0. The van der Waals surface area contributed by atoms with Gasteiger partial charge in [0.25, 0.3) is 0 Å². The first kappa shape index (κ1) is 12.8. The monoisotopic (exact) mass is 255 g/mol. The number of alkyl halides is 3. The van der Waals surface area contributed by atoms with Crippen molar-refractivity contribution in [2.45, 2.75) is 11.3 Å². The number of sulfonamides is 1. The maximum Gasteiger partial charge on any atom is 0.573 e. The van der Waals surface area contributed by atoms with Gasteiger partial charge in [0.2, 0.25) is 10.0 Å². The zero-order valence-electron chi connectivity index (χ0n) is 8.08. The van der Waals surface area contributed by atoms with Crippen molar-refractivity contribution in [3.63, 3.8) is 0 Å². The molecule has 0 amide bonds. The Morgan fingerprint density at radius 2 is 1.69 bits per heavy atom. The summed E-state index contributed by atoms with van der Waals surface area (Å²) in [5, 5.41) is 0. The third-order valence-electron chi connectivity index (χ3n) is 1.64. The lowest BCUT2D eigenvalue weighted by atomic mass is 10.3. The van der Waals surface area contributed by atoms with Crippen molar-refractivity contribution in [1.82, 2.24) is 4.72 Å². The van der Waals surface area contributed by atoms with Crippen LogP contribution in [0.4, 0.5) is 13.2 Å². The molecule has 1 aromatic carbocycles. The van der Waals surface area contributed by atoms with Crippen LogP contribution in [0.3, 0.4) is 0 Å². The van der Waals surface area contributed by atoms with E-state index >= 15 is 0 Å². The van der Waals surface area contributed by atoms with Crippen LogP contribution in [0.5, 0.6) is 5.75 Å². The summed E-state index contributed by atoms with van der Waals surface area (Å²) in [4.78, 5) is -0.135. The molecule has 0 heterocycles. The van der Waals surface area contributed by atoms with Crippen molar-refractivity contribution in [2.24, 2.45) is 0 Å². The fourth-order valence-electron chi connectivity index (χ4n) is 0.938. The van der Waals surface area contributed by atoms with E-state index in [2.05, 4.69) is 4.74 Å². The quantitative estimate of drug-likeness (QED) is 0.890. The van der Waals surface area contributed by atoms with Crippen molar-refractivity contribution >= 4 is 10.0 Å². The minimum atomic E-state index is -4.79. The molecule has 0 aliphatic rings. The van der Waals surface area contributed by atoms with E-state index in [1.54, 1.807) is 0 Å². The van der Waals surface area contributed by atoms with E-state index in [1.165, 1.54) is 7.05 Å². The van der Waals surface area contributed by atoms with E-state index in [9.17, 15) is 21.6 Å². The first-order chi connectivity index (χ1) is 7.24. The van der Waals surface area contributed by atoms with Gasteiger partial charge >= 0.3 is 6.36 Å². The number of rotatable bonds is 3. The molecule has 0 spiro atoms. The van der Waals surface area contributed by atoms with Crippen LogP contribution in [0, 0.1) is 0 Å². The van der Waals surface area contributed by atoms with Crippen LogP contribution in [0.25, 0.3) is 0 Å². The van der Waals surface area contributed by atoms with Crippen LogP contribution >= 0.6 is 0 Å². The Labute approximate surface area is 90.1 Å². The molecule has 0 unspecified atom stereocenters. The molecule has 0 fully saturated rings. The second-order valence-electron chi connectivity index (χ2n) is 2.73. The van der Waals surface area contributed by atoms with E-state index in [-0.39, 0.29) is 4.90 Å². The molecule has 0 aliphatic heterocycles. The van der Waals surface area contributed by atoms with Crippen LogP contribution in [0.2, 0.25) is 0 Å². The molecule has 16 heavy (non-hydrogen) atoms. The standard InChI is InChI=1S/C8H8F3NO3S/c1-12-16(13,14)7-4-2-6(3-5-7)15-8(9,10)11/h2-5,12H,1H3. The molecule has 1 aromatic rings. The van der Waals surface area contributed by atoms with Gasteiger partial charge in [-0.15, -0.1) is 13.2 Å². The van der Waals surface area contributed by atoms with Gasteiger partial charge in [-0.1, -0.05) is 0 Å². The average molecular weight is 255 g/mol. The second-order valence-corrected chi connectivity index (χ2v) is 4.61. The molecule has 0 radical (unpaired) electrons. The molecule has 0 bridgehead atoms. The molecular formula is C8H8F3NO3S. The largest absolute Gasteiger partial charge is 0.573 e. The SMILES string of the molecule is CNS(=O)(=O)c1ccc(OC(F)(F)F)cc1. The van der Waals surface area contributed by atoms with Gasteiger partial charge in [0, 0.05) is 0 Å². The van der Waals surface area contributed by atoms with Crippen LogP contribution in [0.15, 0.2) is 29.2 Å². The molecule has 1 N–H and O–H groups in total. The molecule has 0 saturated carbocycles. The van der Waals surface area contributed by atoms with Gasteiger partial charge < -0.3 is 4.74 Å². The molecule has 0 aliphatic carbocycles. The summed E-state index contributed by atoms with van der Waals surface area (Å²) in [6, 6.07) is 3.90. The summed E-state index contributed by atoms with van der Waals surface area (Å²) >= 11 is 0. The van der Waals surface area contributed by atoms with Gasteiger partial charge in [-0.2, -0.15) is 0 Å². The maximum atomic E-state index is 11.8. The van der Waals surface area contributed by atoms with Crippen molar-refractivity contribution in [2.75, 3.05) is 7.05 Å². The Morgan fingerprint density at radius 1 is 1.19 bits per heavy atom. The van der Waals surface area contributed by atoms with E-state index in [0.717, 1.165) is 24.3 Å². The fourth-order valence-corrected chi connectivity index (χ4v) is 1.67. The average Bonchev–Trinajstić information content (AvgIpc) is 2.16. The third kappa shape index (κ3) is 3.38. The molecular weight excluding hydrogens is 247 g/mol. The van der Waals surface area contributed by atoms with Gasteiger partial charge in [-0.05, 0) is 31.3 Å². The number of nitrogens with one attached hydrogen (secondary N) is 1. The molecule has 4 nitrogen and oxygen atoms in total. The lowest BCUT2D eigenvalue weighted by Gasteiger charge is -2.09. The molecule has 0 aromatic heterocycles. The zero-order valence-corrected chi connectivity index (χ0v) is 8.89. The Balaban J connectivity index is 2.93. The van der Waals surface area contributed by atoms with Gasteiger partial charge in [0.15, 0.2) is 0 Å². The van der Waals surface area contributed by atoms with Crippen LogP contribution < -0.4 is 9.46 Å². The van der Waals surface area contributed by atoms with Crippen LogP contribution in [-0.4, -0.2) is 21.8 Å². The topological polar surface area (TPSA) is 55.4 Å². The summed E-state index contributed by atoms with van der Waals surface area (Å²) in [6.07, 6.45) is -4.79. The van der Waals surface area contributed by atoms with E-state index in [4.69, 9.17) is 0 Å². The number of benzene rings is 1. The highest BCUT2D eigenvalue weighted by atomic mass is 32.2. The lowest BCUT2D eigenvalue weighted by Crippen LogP contribution is -2.19. The predicted octanol–water partition coefficient (Wildman–Crippen LogP) is 1.49. The Bertz CT molecular complexity index is 452. The number of halogens is 3. The Kier molecular flexibility index (Phi) is 3.44. The first-order valence-corrected chi connectivity index (χ1v) is 5.52. The minimum Gasteiger partial charge on any atom is -0.406 e. The molecule has 0 saturated heterocycles. The van der Waals surface area contributed by atoms with Gasteiger partial charge in [0.05, 0.1) is 4.90 Å². The predicted molar refractivity (Wildman–Crippen MR) is 49.4 cm³/mol. The molecule has 90 valence electrons. The molecule has 0 atom stereocenters. The second kappa shape index (κ2) is 4.30. The van der Waals surface area contributed by atoms with Gasteiger partial charge in [-0.25, -0.2) is 13.1 Å². The van der Waals surface area contributed by atoms with E-state index in [0.29, 0.717) is 0 Å². The van der Waals surface area contributed by atoms with Crippen LogP contribution in [-0.2, 0) is 10.0 Å². The highest BCUT2D eigenvalue weighted by molar-refractivity contribution is 7.89. The smallest absolute Gasteiger partial charge is 0.406 e. The highest BCUT2D eigenvalue weighted by Crippen LogP contribution is 2.23. The molecule has 8 heteroatoms. The summed E-state index contributed by atoms with van der Waals surface area (Å²) in [5.74, 6) is -0.470. The summed E-state index contributed by atoms with van der Waals surface area (Å²) in [5.41, 5.74) is 0.